The highest BCUT2D eigenvalue weighted by molar-refractivity contribution is 5.71. The summed E-state index contributed by atoms with van der Waals surface area (Å²) < 4.78 is 25.0. The fraction of sp³-hybridized carbons (Fsp3) is 0.556. The van der Waals surface area contributed by atoms with Gasteiger partial charge in [-0.05, 0) is 56.6 Å². The van der Waals surface area contributed by atoms with Crippen molar-refractivity contribution in [1.82, 2.24) is 29.9 Å². The first-order valence-electron chi connectivity index (χ1n) is 13.4. The number of ether oxygens (including phenoxy) is 4. The molecule has 12 heteroatoms. The Kier molecular flexibility index (Phi) is 7.03. The fourth-order valence-electron chi connectivity index (χ4n) is 6.03. The Bertz CT molecular complexity index is 1340. The zero-order valence-electron chi connectivity index (χ0n) is 22.0. The molecule has 1 aliphatic heterocycles. The number of rotatable bonds is 9. The van der Waals surface area contributed by atoms with Gasteiger partial charge in [-0.15, -0.1) is 5.10 Å². The number of carboxylic acid groups (broad SMARTS) is 1. The molecule has 0 radical (unpaired) electrons. The third-order valence-corrected chi connectivity index (χ3v) is 8.03. The Hall–Kier alpha value is -3.80. The van der Waals surface area contributed by atoms with Crippen LogP contribution in [0.15, 0.2) is 24.4 Å². The average molecular weight is 537 g/mol. The summed E-state index contributed by atoms with van der Waals surface area (Å²) in [5.41, 5.74) is 2.71. The average Bonchev–Trinajstić information content (AvgIpc) is 3.70. The molecule has 4 heterocycles. The van der Waals surface area contributed by atoms with Gasteiger partial charge in [-0.25, -0.2) is 14.6 Å². The smallest absolute Gasteiger partial charge is 0.320 e. The van der Waals surface area contributed by atoms with Crippen molar-refractivity contribution in [3.8, 4) is 29.0 Å². The van der Waals surface area contributed by atoms with E-state index >= 15 is 0 Å². The van der Waals surface area contributed by atoms with Gasteiger partial charge in [0.15, 0.2) is 0 Å². The van der Waals surface area contributed by atoms with Crippen LogP contribution in [0.3, 0.4) is 0 Å². The van der Waals surface area contributed by atoms with E-state index in [0.717, 1.165) is 43.5 Å². The summed E-state index contributed by atoms with van der Waals surface area (Å²) in [6, 6.07) is 5.65. The number of pyridine rings is 1. The van der Waals surface area contributed by atoms with Crippen molar-refractivity contribution in [3.63, 3.8) is 0 Å². The quantitative estimate of drug-likeness (QED) is 0.431. The molecule has 3 aliphatic rings. The predicted molar refractivity (Wildman–Crippen MR) is 136 cm³/mol. The highest BCUT2D eigenvalue weighted by Crippen LogP contribution is 2.48. The first kappa shape index (κ1) is 25.5. The lowest BCUT2D eigenvalue weighted by molar-refractivity contribution is -0.143. The Morgan fingerprint density at radius 2 is 2.03 bits per heavy atom. The third kappa shape index (κ3) is 5.38. The summed E-state index contributed by atoms with van der Waals surface area (Å²) in [6.45, 7) is 3.28. The standard InChI is InChI=1S/C27H32N6O6/c1-15-23(38-18-11-16-3-4-19(26(34)35)20(16)12-18)6-5-21(29-15)25-22(33(2)32-31-25)14-37-27-28-9-7-24(30-27)39-17-8-10-36-13-17/h5-7,9,16-20H,3-4,8,10-14H2,1-2H3,(H,34,35)/t16?,17-,18?,19?,20?/m0/s1. The number of aliphatic carboxylic acids is 1. The summed E-state index contributed by atoms with van der Waals surface area (Å²) in [6.07, 6.45) is 5.82. The summed E-state index contributed by atoms with van der Waals surface area (Å²) in [5, 5.41) is 18.0. The molecule has 39 heavy (non-hydrogen) atoms. The second kappa shape index (κ2) is 10.8. The molecule has 5 atom stereocenters. The van der Waals surface area contributed by atoms with Crippen molar-refractivity contribution in [1.29, 1.82) is 0 Å². The van der Waals surface area contributed by atoms with Gasteiger partial charge in [-0.2, -0.15) is 4.98 Å². The number of hydrogen-bond acceptors (Lipinski definition) is 10. The van der Waals surface area contributed by atoms with Crippen molar-refractivity contribution < 1.29 is 28.8 Å². The van der Waals surface area contributed by atoms with Gasteiger partial charge in [0.25, 0.3) is 0 Å². The number of hydrogen-bond donors (Lipinski definition) is 1. The lowest BCUT2D eigenvalue weighted by Gasteiger charge is -2.18. The van der Waals surface area contributed by atoms with Gasteiger partial charge < -0.3 is 24.1 Å². The molecule has 0 amide bonds. The van der Waals surface area contributed by atoms with Crippen LogP contribution in [0.4, 0.5) is 0 Å². The maximum absolute atomic E-state index is 11.6. The summed E-state index contributed by atoms with van der Waals surface area (Å²) in [4.78, 5) is 24.9. The van der Waals surface area contributed by atoms with E-state index < -0.39 is 5.97 Å². The maximum atomic E-state index is 11.6. The third-order valence-electron chi connectivity index (χ3n) is 8.03. The molecular formula is C27H32N6O6. The Morgan fingerprint density at radius 1 is 1.13 bits per heavy atom. The molecule has 6 rings (SSSR count). The molecule has 0 bridgehead atoms. The van der Waals surface area contributed by atoms with Gasteiger partial charge in [0, 0.05) is 25.7 Å². The SMILES string of the molecule is Cc1nc(-c2nnn(C)c2COc2nccc(O[C@H]3CCOC3)n2)ccc1OC1CC2CCC(C(=O)O)C2C1. The summed E-state index contributed by atoms with van der Waals surface area (Å²) in [5.74, 6) is 0.853. The largest absolute Gasteiger partial charge is 0.489 e. The van der Waals surface area contributed by atoms with Crippen LogP contribution in [0, 0.1) is 24.7 Å². The van der Waals surface area contributed by atoms with Gasteiger partial charge in [0.05, 0.1) is 36.6 Å². The zero-order valence-corrected chi connectivity index (χ0v) is 22.0. The topological polar surface area (TPSA) is 144 Å². The minimum Gasteiger partial charge on any atom is -0.489 e. The van der Waals surface area contributed by atoms with Crippen LogP contribution in [-0.4, -0.2) is 66.4 Å². The molecule has 1 N–H and O–H groups in total. The lowest BCUT2D eigenvalue weighted by Crippen LogP contribution is -2.21. The van der Waals surface area contributed by atoms with E-state index in [9.17, 15) is 9.90 Å². The van der Waals surface area contributed by atoms with Crippen LogP contribution in [0.25, 0.3) is 11.4 Å². The molecule has 2 saturated carbocycles. The second-order valence-corrected chi connectivity index (χ2v) is 10.5. The minimum absolute atomic E-state index is 0.00918. The number of aryl methyl sites for hydroxylation is 2. The zero-order chi connectivity index (χ0) is 26.9. The van der Waals surface area contributed by atoms with E-state index in [1.165, 1.54) is 0 Å². The lowest BCUT2D eigenvalue weighted by atomic mass is 9.92. The molecule has 4 unspecified atom stereocenters. The van der Waals surface area contributed by atoms with Gasteiger partial charge in [0.2, 0.25) is 5.88 Å². The predicted octanol–water partition coefficient (Wildman–Crippen LogP) is 2.99. The molecule has 2 aliphatic carbocycles. The summed E-state index contributed by atoms with van der Waals surface area (Å²) in [7, 11) is 1.79. The molecular weight excluding hydrogens is 504 g/mol. The molecule has 12 nitrogen and oxygen atoms in total. The van der Waals surface area contributed by atoms with Crippen LogP contribution >= 0.6 is 0 Å². The molecule has 3 fully saturated rings. The summed E-state index contributed by atoms with van der Waals surface area (Å²) >= 11 is 0. The Labute approximate surface area is 225 Å². The number of nitrogens with zero attached hydrogens (tertiary/aromatic N) is 6. The molecule has 3 aromatic rings. The van der Waals surface area contributed by atoms with E-state index in [0.29, 0.717) is 42.1 Å². The highest BCUT2D eigenvalue weighted by Gasteiger charge is 2.47. The van der Waals surface area contributed by atoms with Gasteiger partial charge in [-0.3, -0.25) is 4.79 Å². The normalized spacial score (nSPS) is 25.9. The highest BCUT2D eigenvalue weighted by atomic mass is 16.6. The van der Waals surface area contributed by atoms with Crippen molar-refractivity contribution in [2.75, 3.05) is 13.2 Å². The number of aromatic nitrogens is 6. The second-order valence-electron chi connectivity index (χ2n) is 10.5. The maximum Gasteiger partial charge on any atom is 0.320 e. The van der Waals surface area contributed by atoms with Crippen molar-refractivity contribution >= 4 is 5.97 Å². The minimum atomic E-state index is -0.680. The Balaban J connectivity index is 1.11. The van der Waals surface area contributed by atoms with Crippen LogP contribution in [0.1, 0.15) is 43.5 Å². The van der Waals surface area contributed by atoms with E-state index in [2.05, 4.69) is 20.3 Å². The first-order chi connectivity index (χ1) is 18.9. The van der Waals surface area contributed by atoms with Gasteiger partial charge >= 0.3 is 12.0 Å². The Morgan fingerprint density at radius 3 is 2.82 bits per heavy atom. The number of fused-ring (bicyclic) bond motifs is 1. The number of carboxylic acids is 1. The first-order valence-corrected chi connectivity index (χ1v) is 13.4. The van der Waals surface area contributed by atoms with Gasteiger partial charge in [0.1, 0.15) is 29.8 Å². The molecule has 206 valence electrons. The molecule has 1 saturated heterocycles. The molecule has 3 aromatic heterocycles. The van der Waals surface area contributed by atoms with Crippen molar-refractivity contribution in [2.45, 2.75) is 57.8 Å². The molecule has 0 spiro atoms. The van der Waals surface area contributed by atoms with Crippen LogP contribution in [-0.2, 0) is 23.2 Å². The van der Waals surface area contributed by atoms with Crippen LogP contribution in [0.2, 0.25) is 0 Å². The van der Waals surface area contributed by atoms with Crippen molar-refractivity contribution in [2.24, 2.45) is 24.8 Å². The van der Waals surface area contributed by atoms with Crippen LogP contribution < -0.4 is 14.2 Å². The molecule has 0 aromatic carbocycles. The fourth-order valence-corrected chi connectivity index (χ4v) is 6.03. The van der Waals surface area contributed by atoms with Crippen molar-refractivity contribution in [3.05, 3.63) is 35.8 Å². The monoisotopic (exact) mass is 536 g/mol. The van der Waals surface area contributed by atoms with Crippen LogP contribution in [0.5, 0.6) is 17.6 Å². The van der Waals surface area contributed by atoms with E-state index in [-0.39, 0.29) is 36.7 Å². The van der Waals surface area contributed by atoms with E-state index in [4.69, 9.17) is 23.9 Å². The van der Waals surface area contributed by atoms with Gasteiger partial charge in [-0.1, -0.05) is 5.21 Å². The van der Waals surface area contributed by atoms with E-state index in [1.807, 2.05) is 19.1 Å². The van der Waals surface area contributed by atoms with E-state index in [1.54, 1.807) is 24.0 Å². The number of carbonyl (C=O) groups is 1.